The largest absolute Gasteiger partial charge is 0.335 e. The highest BCUT2D eigenvalue weighted by atomic mass is 15.0. The standard InChI is InChI=1S/C9H9N2/c1-7-6-11(2)9-8(7)4-3-5-10-9/h3-4,6H,1-2H3. The lowest BCUT2D eigenvalue weighted by Gasteiger charge is -1.90. The summed E-state index contributed by atoms with van der Waals surface area (Å²) in [6.45, 7) is 2.09. The van der Waals surface area contributed by atoms with Crippen molar-refractivity contribution < 1.29 is 0 Å². The molecule has 0 amide bonds. The quantitative estimate of drug-likeness (QED) is 0.551. The zero-order chi connectivity index (χ0) is 7.84. The van der Waals surface area contributed by atoms with Gasteiger partial charge in [-0.15, -0.1) is 0 Å². The molecule has 0 saturated carbocycles. The lowest BCUT2D eigenvalue weighted by molar-refractivity contribution is 0.943. The number of rotatable bonds is 0. The van der Waals surface area contributed by atoms with E-state index in [0.717, 1.165) is 5.65 Å². The SMILES string of the molecule is Cc1cn(C)c2n[c]ccc12. The summed E-state index contributed by atoms with van der Waals surface area (Å²) < 4.78 is 2.02. The van der Waals surface area contributed by atoms with Crippen molar-refractivity contribution >= 4 is 11.0 Å². The van der Waals surface area contributed by atoms with Crippen LogP contribution in [0.1, 0.15) is 5.56 Å². The predicted octanol–water partition coefficient (Wildman–Crippen LogP) is 1.68. The molecule has 11 heavy (non-hydrogen) atoms. The predicted molar refractivity (Wildman–Crippen MR) is 44.3 cm³/mol. The first-order chi connectivity index (χ1) is 5.29. The van der Waals surface area contributed by atoms with Gasteiger partial charge in [-0.2, -0.15) is 0 Å². The second-order valence-corrected chi connectivity index (χ2v) is 2.73. The van der Waals surface area contributed by atoms with Crippen LogP contribution in [0.4, 0.5) is 0 Å². The molecule has 1 radical (unpaired) electrons. The molecule has 0 N–H and O–H groups in total. The average Bonchev–Trinajstić information content (AvgIpc) is 2.30. The number of nitrogens with zero attached hydrogens (tertiary/aromatic N) is 2. The van der Waals surface area contributed by atoms with Gasteiger partial charge in [-0.25, -0.2) is 4.98 Å². The maximum absolute atomic E-state index is 4.14. The van der Waals surface area contributed by atoms with E-state index in [4.69, 9.17) is 0 Å². The maximum Gasteiger partial charge on any atom is 0.140 e. The summed E-state index contributed by atoms with van der Waals surface area (Å²) in [4.78, 5) is 4.14. The van der Waals surface area contributed by atoms with Gasteiger partial charge in [0.2, 0.25) is 0 Å². The molecule has 0 saturated heterocycles. The first-order valence-corrected chi connectivity index (χ1v) is 3.58. The molecule has 0 aliphatic heterocycles. The summed E-state index contributed by atoms with van der Waals surface area (Å²) in [7, 11) is 2.00. The Bertz CT molecular complexity index is 351. The van der Waals surface area contributed by atoms with Gasteiger partial charge >= 0.3 is 0 Å². The van der Waals surface area contributed by atoms with Crippen molar-refractivity contribution in [1.29, 1.82) is 0 Å². The minimum Gasteiger partial charge on any atom is -0.335 e. The zero-order valence-corrected chi connectivity index (χ0v) is 6.63. The van der Waals surface area contributed by atoms with Crippen LogP contribution < -0.4 is 0 Å². The van der Waals surface area contributed by atoms with Crippen LogP contribution in [-0.2, 0) is 7.05 Å². The molecule has 2 nitrogen and oxygen atoms in total. The molecule has 0 unspecified atom stereocenters. The summed E-state index contributed by atoms with van der Waals surface area (Å²) in [6, 6.07) is 3.88. The Balaban J connectivity index is 2.95. The van der Waals surface area contributed by atoms with Crippen LogP contribution in [0.5, 0.6) is 0 Å². The first-order valence-electron chi connectivity index (χ1n) is 3.58. The fourth-order valence-corrected chi connectivity index (χ4v) is 1.35. The Labute approximate surface area is 65.5 Å². The van der Waals surface area contributed by atoms with E-state index in [1.165, 1.54) is 10.9 Å². The summed E-state index contributed by atoms with van der Waals surface area (Å²) in [6.07, 6.45) is 4.89. The van der Waals surface area contributed by atoms with Gasteiger partial charge < -0.3 is 4.57 Å². The van der Waals surface area contributed by atoms with Crippen LogP contribution in [-0.4, -0.2) is 9.55 Å². The molecule has 0 aliphatic rings. The van der Waals surface area contributed by atoms with Crippen molar-refractivity contribution in [3.8, 4) is 0 Å². The van der Waals surface area contributed by atoms with E-state index >= 15 is 0 Å². The third kappa shape index (κ3) is 0.827. The van der Waals surface area contributed by atoms with Crippen molar-refractivity contribution in [1.82, 2.24) is 9.55 Å². The molecule has 0 bridgehead atoms. The summed E-state index contributed by atoms with van der Waals surface area (Å²) in [5.41, 5.74) is 2.27. The van der Waals surface area contributed by atoms with Crippen LogP contribution in [0, 0.1) is 13.1 Å². The third-order valence-corrected chi connectivity index (χ3v) is 1.88. The molecule has 0 aliphatic carbocycles. The fourth-order valence-electron chi connectivity index (χ4n) is 1.35. The van der Waals surface area contributed by atoms with Gasteiger partial charge in [0.05, 0.1) is 6.20 Å². The summed E-state index contributed by atoms with van der Waals surface area (Å²) in [5, 5.41) is 1.21. The van der Waals surface area contributed by atoms with Crippen molar-refractivity contribution in [2.45, 2.75) is 6.92 Å². The highest BCUT2D eigenvalue weighted by Crippen LogP contribution is 2.15. The molecule has 0 fully saturated rings. The average molecular weight is 145 g/mol. The lowest BCUT2D eigenvalue weighted by atomic mass is 10.2. The van der Waals surface area contributed by atoms with Crippen LogP contribution in [0.3, 0.4) is 0 Å². The molecule has 55 valence electrons. The van der Waals surface area contributed by atoms with Gasteiger partial charge in [0, 0.05) is 18.6 Å². The van der Waals surface area contributed by atoms with Crippen molar-refractivity contribution in [2.24, 2.45) is 7.05 Å². The molecule has 0 spiro atoms. The van der Waals surface area contributed by atoms with Gasteiger partial charge in [0.25, 0.3) is 0 Å². The van der Waals surface area contributed by atoms with Crippen molar-refractivity contribution in [3.63, 3.8) is 0 Å². The molecule has 2 heteroatoms. The molecule has 0 atom stereocenters. The summed E-state index contributed by atoms with van der Waals surface area (Å²) >= 11 is 0. The molecular formula is C9H9N2. The topological polar surface area (TPSA) is 17.8 Å². The fraction of sp³-hybridized carbons (Fsp3) is 0.222. The minimum absolute atomic E-state index is 1.00. The normalized spacial score (nSPS) is 10.7. The molecule has 2 heterocycles. The first kappa shape index (κ1) is 6.40. The van der Waals surface area contributed by atoms with E-state index in [0.29, 0.717) is 0 Å². The van der Waals surface area contributed by atoms with E-state index in [-0.39, 0.29) is 0 Å². The molecular weight excluding hydrogens is 136 g/mol. The Morgan fingerprint density at radius 2 is 2.36 bits per heavy atom. The number of aromatic nitrogens is 2. The molecule has 2 aromatic rings. The smallest absolute Gasteiger partial charge is 0.140 e. The van der Waals surface area contributed by atoms with Gasteiger partial charge in [0.1, 0.15) is 5.65 Å². The van der Waals surface area contributed by atoms with Crippen LogP contribution in [0.2, 0.25) is 0 Å². The summed E-state index contributed by atoms with van der Waals surface area (Å²) in [5.74, 6) is 0. The van der Waals surface area contributed by atoms with Crippen LogP contribution in [0.25, 0.3) is 11.0 Å². The van der Waals surface area contributed by atoms with Crippen molar-refractivity contribution in [3.05, 3.63) is 30.1 Å². The monoisotopic (exact) mass is 145 g/mol. The van der Waals surface area contributed by atoms with E-state index in [9.17, 15) is 0 Å². The Morgan fingerprint density at radius 1 is 1.55 bits per heavy atom. The number of hydrogen-bond donors (Lipinski definition) is 0. The molecule has 2 rings (SSSR count). The van der Waals surface area contributed by atoms with Crippen LogP contribution in [0.15, 0.2) is 18.3 Å². The zero-order valence-electron chi connectivity index (χ0n) is 6.63. The molecule has 0 aromatic carbocycles. The third-order valence-electron chi connectivity index (χ3n) is 1.88. The molecule has 2 aromatic heterocycles. The van der Waals surface area contributed by atoms with E-state index in [1.807, 2.05) is 23.7 Å². The number of hydrogen-bond acceptors (Lipinski definition) is 1. The Morgan fingerprint density at radius 3 is 3.09 bits per heavy atom. The Kier molecular flexibility index (Phi) is 1.22. The van der Waals surface area contributed by atoms with Gasteiger partial charge in [0.15, 0.2) is 0 Å². The van der Waals surface area contributed by atoms with Crippen LogP contribution >= 0.6 is 0 Å². The number of aryl methyl sites for hydroxylation is 2. The van der Waals surface area contributed by atoms with E-state index < -0.39 is 0 Å². The highest BCUT2D eigenvalue weighted by Gasteiger charge is 2.00. The van der Waals surface area contributed by atoms with Gasteiger partial charge in [-0.05, 0) is 24.6 Å². The van der Waals surface area contributed by atoms with Gasteiger partial charge in [-0.3, -0.25) is 0 Å². The minimum atomic E-state index is 1.00. The van der Waals surface area contributed by atoms with Crippen molar-refractivity contribution in [2.75, 3.05) is 0 Å². The number of fused-ring (bicyclic) bond motifs is 1. The second kappa shape index (κ2) is 2.09. The van der Waals surface area contributed by atoms with E-state index in [1.54, 1.807) is 0 Å². The highest BCUT2D eigenvalue weighted by molar-refractivity contribution is 5.79. The maximum atomic E-state index is 4.14. The lowest BCUT2D eigenvalue weighted by Crippen LogP contribution is -1.85. The van der Waals surface area contributed by atoms with Gasteiger partial charge in [-0.1, -0.05) is 0 Å². The second-order valence-electron chi connectivity index (χ2n) is 2.73. The Hall–Kier alpha value is -1.31. The number of pyridine rings is 1. The van der Waals surface area contributed by atoms with E-state index in [2.05, 4.69) is 24.3 Å².